The minimum Gasteiger partial charge on any atom is -0.316 e. The number of rotatable bonds is 6. The number of alkyl halides is 3. The molecule has 0 bridgehead atoms. The number of carbonyl (C=O) groups excluding carboxylic acids is 2. The van der Waals surface area contributed by atoms with Crippen molar-refractivity contribution in [1.29, 1.82) is 0 Å². The SMILES string of the molecule is C=C(CNCCC)CN1C(=O)NC(C)(C(F)(F)F)C1=O. The van der Waals surface area contributed by atoms with Crippen LogP contribution in [0.15, 0.2) is 12.2 Å². The second-order valence-corrected chi connectivity index (χ2v) is 4.87. The van der Waals surface area contributed by atoms with E-state index < -0.39 is 23.7 Å². The van der Waals surface area contributed by atoms with Crippen LogP contribution >= 0.6 is 0 Å². The van der Waals surface area contributed by atoms with Gasteiger partial charge in [0.15, 0.2) is 0 Å². The Balaban J connectivity index is 2.71. The highest BCUT2D eigenvalue weighted by Crippen LogP contribution is 2.35. The summed E-state index contributed by atoms with van der Waals surface area (Å²) < 4.78 is 38.5. The molecule has 0 aromatic rings. The number of amides is 3. The molecule has 1 atom stereocenters. The summed E-state index contributed by atoms with van der Waals surface area (Å²) in [5.74, 6) is -1.30. The maximum atomic E-state index is 12.8. The van der Waals surface area contributed by atoms with E-state index in [9.17, 15) is 22.8 Å². The lowest BCUT2D eigenvalue weighted by atomic mass is 10.0. The van der Waals surface area contributed by atoms with Crippen LogP contribution in [0.25, 0.3) is 0 Å². The van der Waals surface area contributed by atoms with Crippen molar-refractivity contribution in [3.63, 3.8) is 0 Å². The van der Waals surface area contributed by atoms with E-state index in [1.165, 1.54) is 0 Å². The number of nitrogens with zero attached hydrogens (tertiary/aromatic N) is 1. The zero-order valence-electron chi connectivity index (χ0n) is 11.4. The standard InChI is InChI=1S/C12H18F3N3O2/c1-4-5-16-6-8(2)7-18-9(19)11(3,12(13,14)15)17-10(18)20/h16H,2,4-7H2,1,3H3,(H,17,20). The largest absolute Gasteiger partial charge is 0.420 e. The molecule has 1 aliphatic heterocycles. The van der Waals surface area contributed by atoms with Gasteiger partial charge in [-0.15, -0.1) is 0 Å². The van der Waals surface area contributed by atoms with Crippen LogP contribution in [0.3, 0.4) is 0 Å². The normalized spacial score (nSPS) is 23.1. The molecule has 0 saturated carbocycles. The Labute approximate surface area is 115 Å². The maximum absolute atomic E-state index is 12.8. The summed E-state index contributed by atoms with van der Waals surface area (Å²) in [6.45, 7) is 7.10. The summed E-state index contributed by atoms with van der Waals surface area (Å²) in [5.41, 5.74) is -2.39. The van der Waals surface area contributed by atoms with Gasteiger partial charge in [-0.1, -0.05) is 13.5 Å². The van der Waals surface area contributed by atoms with Gasteiger partial charge in [-0.3, -0.25) is 9.69 Å². The Morgan fingerprint density at radius 1 is 1.45 bits per heavy atom. The zero-order valence-corrected chi connectivity index (χ0v) is 11.4. The van der Waals surface area contributed by atoms with E-state index in [1.807, 2.05) is 6.92 Å². The lowest BCUT2D eigenvalue weighted by Crippen LogP contribution is -2.56. The van der Waals surface area contributed by atoms with Crippen LogP contribution in [0.1, 0.15) is 20.3 Å². The predicted octanol–water partition coefficient (Wildman–Crippen LogP) is 1.42. The van der Waals surface area contributed by atoms with E-state index in [0.29, 0.717) is 23.9 Å². The van der Waals surface area contributed by atoms with Gasteiger partial charge in [-0.05, 0) is 25.5 Å². The smallest absolute Gasteiger partial charge is 0.316 e. The van der Waals surface area contributed by atoms with E-state index >= 15 is 0 Å². The number of halogens is 3. The maximum Gasteiger partial charge on any atom is 0.420 e. The van der Waals surface area contributed by atoms with Crippen LogP contribution < -0.4 is 10.6 Å². The van der Waals surface area contributed by atoms with E-state index in [1.54, 1.807) is 5.32 Å². The third kappa shape index (κ3) is 3.12. The van der Waals surface area contributed by atoms with Crippen molar-refractivity contribution in [2.24, 2.45) is 0 Å². The van der Waals surface area contributed by atoms with Crippen molar-refractivity contribution in [2.75, 3.05) is 19.6 Å². The molecule has 1 aliphatic rings. The monoisotopic (exact) mass is 293 g/mol. The number of carbonyl (C=O) groups is 2. The van der Waals surface area contributed by atoms with Gasteiger partial charge < -0.3 is 10.6 Å². The van der Waals surface area contributed by atoms with Crippen LogP contribution in [-0.4, -0.2) is 48.2 Å². The first-order valence-electron chi connectivity index (χ1n) is 6.21. The van der Waals surface area contributed by atoms with Gasteiger partial charge in [0, 0.05) is 6.54 Å². The molecule has 1 heterocycles. The Morgan fingerprint density at radius 3 is 2.50 bits per heavy atom. The number of hydrogen-bond donors (Lipinski definition) is 2. The molecule has 1 rings (SSSR count). The highest BCUT2D eigenvalue weighted by Gasteiger charge is 2.64. The summed E-state index contributed by atoms with van der Waals surface area (Å²) in [5, 5.41) is 4.69. The summed E-state index contributed by atoms with van der Waals surface area (Å²) in [4.78, 5) is 23.9. The quantitative estimate of drug-likeness (QED) is 0.442. The molecule has 0 aliphatic carbocycles. The molecule has 0 aromatic carbocycles. The molecular formula is C12H18F3N3O2. The third-order valence-corrected chi connectivity index (χ3v) is 3.03. The van der Waals surface area contributed by atoms with Gasteiger partial charge in [0.25, 0.3) is 5.91 Å². The summed E-state index contributed by atoms with van der Waals surface area (Å²) >= 11 is 0. The van der Waals surface area contributed by atoms with Gasteiger partial charge in [0.2, 0.25) is 5.54 Å². The average Bonchev–Trinajstić information content (AvgIpc) is 2.54. The number of hydrogen-bond acceptors (Lipinski definition) is 3. The lowest BCUT2D eigenvalue weighted by molar-refractivity contribution is -0.190. The molecular weight excluding hydrogens is 275 g/mol. The molecule has 2 N–H and O–H groups in total. The van der Waals surface area contributed by atoms with Crippen LogP contribution in [0, 0.1) is 0 Å². The average molecular weight is 293 g/mol. The van der Waals surface area contributed by atoms with Gasteiger partial charge in [-0.25, -0.2) is 4.79 Å². The molecule has 0 radical (unpaired) electrons. The lowest BCUT2D eigenvalue weighted by Gasteiger charge is -2.24. The summed E-state index contributed by atoms with van der Waals surface area (Å²) in [6, 6.07) is -1.05. The Kier molecular flexibility index (Phi) is 4.80. The Morgan fingerprint density at radius 2 is 2.05 bits per heavy atom. The molecule has 1 fully saturated rings. The molecule has 8 heteroatoms. The first-order valence-corrected chi connectivity index (χ1v) is 6.21. The van der Waals surface area contributed by atoms with Crippen molar-refractivity contribution < 1.29 is 22.8 Å². The molecule has 0 spiro atoms. The van der Waals surface area contributed by atoms with Gasteiger partial charge >= 0.3 is 12.2 Å². The van der Waals surface area contributed by atoms with E-state index in [-0.39, 0.29) is 6.54 Å². The third-order valence-electron chi connectivity index (χ3n) is 3.03. The second-order valence-electron chi connectivity index (χ2n) is 4.87. The molecule has 0 aromatic heterocycles. The van der Waals surface area contributed by atoms with Gasteiger partial charge in [0.05, 0.1) is 6.54 Å². The number of nitrogens with one attached hydrogen (secondary N) is 2. The first-order chi connectivity index (χ1) is 9.13. The predicted molar refractivity (Wildman–Crippen MR) is 67.0 cm³/mol. The fourth-order valence-corrected chi connectivity index (χ4v) is 1.75. The molecule has 114 valence electrons. The van der Waals surface area contributed by atoms with Crippen molar-refractivity contribution in [2.45, 2.75) is 32.0 Å². The first kappa shape index (κ1) is 16.5. The topological polar surface area (TPSA) is 61.4 Å². The van der Waals surface area contributed by atoms with E-state index in [4.69, 9.17) is 0 Å². The highest BCUT2D eigenvalue weighted by atomic mass is 19.4. The molecule has 1 saturated heterocycles. The zero-order chi connectivity index (χ0) is 15.6. The van der Waals surface area contributed by atoms with Crippen LogP contribution in [0.5, 0.6) is 0 Å². The van der Waals surface area contributed by atoms with Crippen molar-refractivity contribution in [3.05, 3.63) is 12.2 Å². The van der Waals surface area contributed by atoms with Crippen molar-refractivity contribution in [1.82, 2.24) is 15.5 Å². The molecule has 3 amide bonds. The fourth-order valence-electron chi connectivity index (χ4n) is 1.75. The van der Waals surface area contributed by atoms with E-state index in [0.717, 1.165) is 13.0 Å². The van der Waals surface area contributed by atoms with Crippen molar-refractivity contribution in [3.8, 4) is 0 Å². The second kappa shape index (κ2) is 5.82. The highest BCUT2D eigenvalue weighted by molar-refractivity contribution is 6.07. The molecule has 5 nitrogen and oxygen atoms in total. The van der Waals surface area contributed by atoms with Gasteiger partial charge in [-0.2, -0.15) is 13.2 Å². The minimum absolute atomic E-state index is 0.229. The van der Waals surface area contributed by atoms with Gasteiger partial charge in [0.1, 0.15) is 0 Å². The Bertz CT molecular complexity index is 423. The summed E-state index contributed by atoms with van der Waals surface area (Å²) in [7, 11) is 0. The van der Waals surface area contributed by atoms with Crippen LogP contribution in [0.4, 0.5) is 18.0 Å². The minimum atomic E-state index is -4.84. The van der Waals surface area contributed by atoms with E-state index in [2.05, 4.69) is 11.9 Å². The number of imide groups is 1. The summed E-state index contributed by atoms with van der Waals surface area (Å²) in [6.07, 6.45) is -3.95. The van der Waals surface area contributed by atoms with Crippen LogP contribution in [0.2, 0.25) is 0 Å². The molecule has 20 heavy (non-hydrogen) atoms. The molecule has 1 unspecified atom stereocenters. The fraction of sp³-hybridized carbons (Fsp3) is 0.667. The Hall–Kier alpha value is -1.57. The van der Waals surface area contributed by atoms with Crippen LogP contribution in [-0.2, 0) is 4.79 Å². The number of urea groups is 1. The van der Waals surface area contributed by atoms with Crippen molar-refractivity contribution >= 4 is 11.9 Å².